The SMILES string of the molecule is CC=C(C)C(OC)C(C=C(C)CO)C(C)C. The Hall–Kier alpha value is -0.600. The largest absolute Gasteiger partial charge is 0.392 e. The quantitative estimate of drug-likeness (QED) is 0.705. The van der Waals surface area contributed by atoms with E-state index in [0.717, 1.165) is 5.57 Å². The first-order valence-corrected chi connectivity index (χ1v) is 5.91. The molecule has 0 radical (unpaired) electrons. The van der Waals surface area contributed by atoms with Crippen molar-refractivity contribution < 1.29 is 9.84 Å². The Kier molecular flexibility index (Phi) is 7.35. The van der Waals surface area contributed by atoms with E-state index in [0.29, 0.717) is 11.8 Å². The van der Waals surface area contributed by atoms with Crippen LogP contribution in [0.5, 0.6) is 0 Å². The van der Waals surface area contributed by atoms with E-state index >= 15 is 0 Å². The van der Waals surface area contributed by atoms with Crippen LogP contribution in [0.3, 0.4) is 0 Å². The Morgan fingerprint density at radius 1 is 1.31 bits per heavy atom. The summed E-state index contributed by atoms with van der Waals surface area (Å²) in [6.07, 6.45) is 4.32. The summed E-state index contributed by atoms with van der Waals surface area (Å²) in [6.45, 7) is 10.6. The molecule has 2 unspecified atom stereocenters. The topological polar surface area (TPSA) is 29.5 Å². The lowest BCUT2D eigenvalue weighted by molar-refractivity contribution is 0.0798. The number of hydrogen-bond donors (Lipinski definition) is 1. The molecule has 0 aromatic carbocycles. The smallest absolute Gasteiger partial charge is 0.0843 e. The molecule has 0 aromatic heterocycles. The Labute approximate surface area is 100 Å². The molecule has 0 aliphatic rings. The number of aliphatic hydroxyl groups is 1. The Balaban J connectivity index is 5.02. The molecule has 0 heterocycles. The molecule has 0 saturated carbocycles. The average Bonchev–Trinajstić information content (AvgIpc) is 2.27. The highest BCUT2D eigenvalue weighted by Crippen LogP contribution is 2.25. The second-order valence-corrected chi connectivity index (χ2v) is 4.68. The molecule has 0 aliphatic heterocycles. The lowest BCUT2D eigenvalue weighted by Gasteiger charge is -2.28. The molecule has 0 aliphatic carbocycles. The van der Waals surface area contributed by atoms with Gasteiger partial charge in [-0.2, -0.15) is 0 Å². The Morgan fingerprint density at radius 2 is 1.88 bits per heavy atom. The standard InChI is InChI=1S/C14H26O2/c1-7-12(5)14(16-6)13(10(2)3)8-11(4)9-15/h7-8,10,13-15H,9H2,1-6H3. The third-order valence-electron chi connectivity index (χ3n) is 3.00. The second-order valence-electron chi connectivity index (χ2n) is 4.68. The first-order chi connectivity index (χ1) is 7.47. The van der Waals surface area contributed by atoms with Crippen molar-refractivity contribution in [2.24, 2.45) is 11.8 Å². The molecular formula is C14H26O2. The molecule has 0 saturated heterocycles. The zero-order chi connectivity index (χ0) is 12.7. The molecule has 0 amide bonds. The highest BCUT2D eigenvalue weighted by Gasteiger charge is 2.23. The van der Waals surface area contributed by atoms with Crippen LogP contribution in [-0.2, 0) is 4.74 Å². The molecule has 0 fully saturated rings. The van der Waals surface area contributed by atoms with E-state index in [9.17, 15) is 0 Å². The maximum absolute atomic E-state index is 9.09. The van der Waals surface area contributed by atoms with Gasteiger partial charge >= 0.3 is 0 Å². The first kappa shape index (κ1) is 15.4. The number of hydrogen-bond acceptors (Lipinski definition) is 2. The van der Waals surface area contributed by atoms with Crippen LogP contribution in [0.4, 0.5) is 0 Å². The summed E-state index contributed by atoms with van der Waals surface area (Å²) in [5, 5.41) is 9.09. The Morgan fingerprint density at radius 3 is 2.19 bits per heavy atom. The number of aliphatic hydroxyl groups excluding tert-OH is 1. The lowest BCUT2D eigenvalue weighted by Crippen LogP contribution is -2.27. The van der Waals surface area contributed by atoms with Gasteiger partial charge in [-0.1, -0.05) is 31.6 Å². The van der Waals surface area contributed by atoms with Crippen molar-refractivity contribution in [1.82, 2.24) is 0 Å². The summed E-state index contributed by atoms with van der Waals surface area (Å²) in [5.74, 6) is 0.801. The van der Waals surface area contributed by atoms with E-state index in [1.807, 2.05) is 13.8 Å². The van der Waals surface area contributed by atoms with Crippen molar-refractivity contribution in [2.45, 2.75) is 40.7 Å². The summed E-state index contributed by atoms with van der Waals surface area (Å²) in [7, 11) is 1.75. The fraction of sp³-hybridized carbons (Fsp3) is 0.714. The minimum Gasteiger partial charge on any atom is -0.392 e. The van der Waals surface area contributed by atoms with Gasteiger partial charge in [0, 0.05) is 13.0 Å². The van der Waals surface area contributed by atoms with Crippen LogP contribution in [0.15, 0.2) is 23.3 Å². The van der Waals surface area contributed by atoms with Gasteiger partial charge < -0.3 is 9.84 Å². The van der Waals surface area contributed by atoms with Crippen LogP contribution in [0.1, 0.15) is 34.6 Å². The van der Waals surface area contributed by atoms with Gasteiger partial charge in [-0.3, -0.25) is 0 Å². The zero-order valence-electron chi connectivity index (χ0n) is 11.4. The number of ether oxygens (including phenoxy) is 1. The predicted octanol–water partition coefficient (Wildman–Crippen LogP) is 3.18. The average molecular weight is 226 g/mol. The van der Waals surface area contributed by atoms with Crippen molar-refractivity contribution in [3.8, 4) is 0 Å². The normalized spacial score (nSPS) is 17.8. The van der Waals surface area contributed by atoms with E-state index in [1.165, 1.54) is 5.57 Å². The van der Waals surface area contributed by atoms with Crippen molar-refractivity contribution in [1.29, 1.82) is 0 Å². The fourth-order valence-corrected chi connectivity index (χ4v) is 1.82. The van der Waals surface area contributed by atoms with E-state index < -0.39 is 0 Å². The number of rotatable bonds is 6. The predicted molar refractivity (Wildman–Crippen MR) is 69.4 cm³/mol. The molecular weight excluding hydrogens is 200 g/mol. The molecule has 94 valence electrons. The lowest BCUT2D eigenvalue weighted by atomic mass is 9.85. The molecule has 2 nitrogen and oxygen atoms in total. The first-order valence-electron chi connectivity index (χ1n) is 5.91. The number of methoxy groups -OCH3 is 1. The monoisotopic (exact) mass is 226 g/mol. The van der Waals surface area contributed by atoms with Gasteiger partial charge in [-0.15, -0.1) is 0 Å². The second kappa shape index (κ2) is 7.64. The number of allylic oxidation sites excluding steroid dienone is 1. The van der Waals surface area contributed by atoms with Crippen LogP contribution < -0.4 is 0 Å². The minimum absolute atomic E-state index is 0.103. The van der Waals surface area contributed by atoms with Crippen LogP contribution in [0.2, 0.25) is 0 Å². The van der Waals surface area contributed by atoms with Crippen LogP contribution >= 0.6 is 0 Å². The molecule has 2 atom stereocenters. The van der Waals surface area contributed by atoms with Crippen LogP contribution in [-0.4, -0.2) is 24.9 Å². The minimum atomic E-state index is 0.103. The van der Waals surface area contributed by atoms with E-state index in [-0.39, 0.29) is 12.7 Å². The maximum Gasteiger partial charge on any atom is 0.0843 e. The zero-order valence-corrected chi connectivity index (χ0v) is 11.4. The Bertz CT molecular complexity index is 251. The van der Waals surface area contributed by atoms with Crippen molar-refractivity contribution in [2.75, 3.05) is 13.7 Å². The van der Waals surface area contributed by atoms with Gasteiger partial charge in [-0.25, -0.2) is 0 Å². The highest BCUT2D eigenvalue weighted by atomic mass is 16.5. The van der Waals surface area contributed by atoms with Crippen LogP contribution in [0, 0.1) is 11.8 Å². The molecule has 0 spiro atoms. The molecule has 16 heavy (non-hydrogen) atoms. The summed E-state index contributed by atoms with van der Waals surface area (Å²) in [4.78, 5) is 0. The van der Waals surface area contributed by atoms with Gasteiger partial charge in [0.05, 0.1) is 12.7 Å². The third-order valence-corrected chi connectivity index (χ3v) is 3.00. The molecule has 0 aromatic rings. The van der Waals surface area contributed by atoms with Gasteiger partial charge in [0.25, 0.3) is 0 Å². The van der Waals surface area contributed by atoms with E-state index in [2.05, 4.69) is 32.9 Å². The third kappa shape index (κ3) is 4.50. The maximum atomic E-state index is 9.09. The van der Waals surface area contributed by atoms with Gasteiger partial charge in [0.1, 0.15) is 0 Å². The summed E-state index contributed by atoms with van der Waals surface area (Å²) < 4.78 is 5.58. The molecule has 2 heteroatoms. The molecule has 0 bridgehead atoms. The van der Waals surface area contributed by atoms with Gasteiger partial charge in [-0.05, 0) is 32.3 Å². The van der Waals surface area contributed by atoms with Crippen molar-refractivity contribution in [3.05, 3.63) is 23.3 Å². The summed E-state index contributed by atoms with van der Waals surface area (Å²) in [5.41, 5.74) is 2.24. The van der Waals surface area contributed by atoms with Crippen molar-refractivity contribution >= 4 is 0 Å². The van der Waals surface area contributed by atoms with E-state index in [4.69, 9.17) is 9.84 Å². The van der Waals surface area contributed by atoms with Crippen molar-refractivity contribution in [3.63, 3.8) is 0 Å². The molecule has 0 rings (SSSR count). The van der Waals surface area contributed by atoms with Crippen LogP contribution in [0.25, 0.3) is 0 Å². The molecule has 1 N–H and O–H groups in total. The highest BCUT2D eigenvalue weighted by molar-refractivity contribution is 5.13. The van der Waals surface area contributed by atoms with E-state index in [1.54, 1.807) is 7.11 Å². The van der Waals surface area contributed by atoms with Gasteiger partial charge in [0.2, 0.25) is 0 Å². The summed E-state index contributed by atoms with van der Waals surface area (Å²) in [6, 6.07) is 0. The van der Waals surface area contributed by atoms with Gasteiger partial charge in [0.15, 0.2) is 0 Å². The summed E-state index contributed by atoms with van der Waals surface area (Å²) >= 11 is 0. The fourth-order valence-electron chi connectivity index (χ4n) is 1.82.